The van der Waals surface area contributed by atoms with Gasteiger partial charge in [0.1, 0.15) is 4.90 Å². The van der Waals surface area contributed by atoms with Gasteiger partial charge < -0.3 is 5.32 Å². The number of nitrogens with one attached hydrogen (secondary N) is 1. The van der Waals surface area contributed by atoms with Crippen molar-refractivity contribution in [1.29, 1.82) is 0 Å². The van der Waals surface area contributed by atoms with Gasteiger partial charge in [-0.05, 0) is 12.1 Å². The summed E-state index contributed by atoms with van der Waals surface area (Å²) >= 11 is 15.5. The topological polar surface area (TPSA) is 66.5 Å². The summed E-state index contributed by atoms with van der Waals surface area (Å²) in [6, 6.07) is 2.37. The summed E-state index contributed by atoms with van der Waals surface area (Å²) in [6.45, 7) is 0.201. The monoisotopic (exact) mass is 440 g/mol. The Morgan fingerprint density at radius 2 is 2.13 bits per heavy atom. The van der Waals surface area contributed by atoms with Gasteiger partial charge in [0.15, 0.2) is 0 Å². The lowest BCUT2D eigenvalue weighted by Crippen LogP contribution is -2.39. The molecule has 0 fully saturated rings. The van der Waals surface area contributed by atoms with E-state index in [0.29, 0.717) is 15.9 Å². The molecule has 5 nitrogen and oxygen atoms in total. The number of amides is 1. The molecule has 1 aromatic carbocycles. The molecule has 0 saturated heterocycles. The Morgan fingerprint density at radius 3 is 2.74 bits per heavy atom. The van der Waals surface area contributed by atoms with Crippen LogP contribution < -0.4 is 5.32 Å². The van der Waals surface area contributed by atoms with Crippen molar-refractivity contribution in [2.24, 2.45) is 0 Å². The zero-order valence-corrected chi connectivity index (χ0v) is 16.1. The summed E-state index contributed by atoms with van der Waals surface area (Å²) in [5, 5.41) is 3.33. The van der Waals surface area contributed by atoms with Crippen LogP contribution in [0.1, 0.15) is 12.0 Å². The number of carbonyl (C=O) groups excluding carboxylic acids is 1. The Hall–Kier alpha value is -0.600. The van der Waals surface area contributed by atoms with Crippen molar-refractivity contribution in [1.82, 2.24) is 9.62 Å². The van der Waals surface area contributed by atoms with E-state index in [1.165, 1.54) is 23.5 Å². The maximum atomic E-state index is 12.9. The second kappa shape index (κ2) is 7.53. The third kappa shape index (κ3) is 3.74. The molecule has 0 unspecified atom stereocenters. The summed E-state index contributed by atoms with van der Waals surface area (Å²) in [4.78, 5) is 11.6. The first-order chi connectivity index (χ1) is 10.8. The molecule has 23 heavy (non-hydrogen) atoms. The highest BCUT2D eigenvalue weighted by Gasteiger charge is 2.35. The molecular formula is C14H15BrCl2N2O3S. The summed E-state index contributed by atoms with van der Waals surface area (Å²) in [5.41, 5.74) is 0.518. The molecule has 0 aromatic heterocycles. The standard InChI is InChI=1S/C14H15BrCl2N2O3S/c1-18-13(20)7-9-3-2-6-19(9)23(21,22)12-5-4-11(16)10(8-15)14(12)17/h2-5,9H,6-8H2,1H3,(H,18,20)/t9-/m1/s1. The van der Waals surface area contributed by atoms with Gasteiger partial charge in [-0.25, -0.2) is 8.42 Å². The smallest absolute Gasteiger partial charge is 0.245 e. The van der Waals surface area contributed by atoms with Crippen LogP contribution in [0.3, 0.4) is 0 Å². The number of hydrogen-bond acceptors (Lipinski definition) is 3. The number of benzene rings is 1. The summed E-state index contributed by atoms with van der Waals surface area (Å²) < 4.78 is 27.1. The van der Waals surface area contributed by atoms with Crippen LogP contribution in [0.25, 0.3) is 0 Å². The number of hydrogen-bond donors (Lipinski definition) is 1. The first kappa shape index (κ1) is 18.7. The minimum atomic E-state index is -3.84. The number of carbonyl (C=O) groups is 1. The Bertz CT molecular complexity index is 753. The van der Waals surface area contributed by atoms with E-state index in [9.17, 15) is 13.2 Å². The average molecular weight is 442 g/mol. The molecule has 0 radical (unpaired) electrons. The summed E-state index contributed by atoms with van der Waals surface area (Å²) in [6.07, 6.45) is 3.49. The van der Waals surface area contributed by atoms with Gasteiger partial charge in [0.05, 0.1) is 11.1 Å². The minimum Gasteiger partial charge on any atom is -0.359 e. The first-order valence-electron chi connectivity index (χ1n) is 6.74. The molecule has 0 bridgehead atoms. The van der Waals surface area contributed by atoms with Gasteiger partial charge in [0.25, 0.3) is 0 Å². The van der Waals surface area contributed by atoms with Crippen molar-refractivity contribution >= 4 is 55.1 Å². The van der Waals surface area contributed by atoms with Crippen molar-refractivity contribution in [3.63, 3.8) is 0 Å². The van der Waals surface area contributed by atoms with Crippen molar-refractivity contribution in [2.75, 3.05) is 13.6 Å². The zero-order chi connectivity index (χ0) is 17.2. The Balaban J connectivity index is 2.41. The molecular weight excluding hydrogens is 427 g/mol. The van der Waals surface area contributed by atoms with Crippen LogP contribution >= 0.6 is 39.1 Å². The molecule has 126 valence electrons. The van der Waals surface area contributed by atoms with Crippen LogP contribution in [0, 0.1) is 0 Å². The van der Waals surface area contributed by atoms with E-state index >= 15 is 0 Å². The lowest BCUT2D eigenvalue weighted by Gasteiger charge is -2.24. The summed E-state index contributed by atoms with van der Waals surface area (Å²) in [5.74, 6) is -0.231. The minimum absolute atomic E-state index is 0.0105. The Kier molecular flexibility index (Phi) is 6.13. The molecule has 1 atom stereocenters. The summed E-state index contributed by atoms with van der Waals surface area (Å²) in [7, 11) is -2.33. The van der Waals surface area contributed by atoms with Crippen molar-refractivity contribution < 1.29 is 13.2 Å². The highest BCUT2D eigenvalue weighted by atomic mass is 79.9. The second-order valence-corrected chi connectivity index (χ2v) is 8.12. The van der Waals surface area contributed by atoms with Gasteiger partial charge >= 0.3 is 0 Å². The van der Waals surface area contributed by atoms with Crippen LogP contribution in [0.15, 0.2) is 29.2 Å². The Morgan fingerprint density at radius 1 is 1.43 bits per heavy atom. The van der Waals surface area contributed by atoms with Gasteiger partial charge in [-0.15, -0.1) is 0 Å². The largest absolute Gasteiger partial charge is 0.359 e. The molecule has 2 rings (SSSR count). The van der Waals surface area contributed by atoms with E-state index in [1.54, 1.807) is 12.2 Å². The predicted molar refractivity (Wildman–Crippen MR) is 94.6 cm³/mol. The SMILES string of the molecule is CNC(=O)C[C@H]1C=CCN1S(=O)(=O)c1ccc(Cl)c(CBr)c1Cl. The van der Waals surface area contributed by atoms with Crippen LogP contribution in [-0.2, 0) is 20.1 Å². The first-order valence-corrected chi connectivity index (χ1v) is 10.1. The second-order valence-electron chi connectivity index (χ2n) is 4.92. The third-order valence-corrected chi connectivity index (χ3v) is 6.95. The number of alkyl halides is 1. The van der Waals surface area contributed by atoms with Gasteiger partial charge in [0.2, 0.25) is 15.9 Å². The third-order valence-electron chi connectivity index (χ3n) is 3.56. The van der Waals surface area contributed by atoms with Gasteiger partial charge in [-0.1, -0.05) is 51.3 Å². The molecule has 0 spiro atoms. The van der Waals surface area contributed by atoms with Gasteiger partial charge in [-0.3, -0.25) is 4.79 Å². The van der Waals surface area contributed by atoms with Crippen molar-refractivity contribution in [3.05, 3.63) is 39.9 Å². The van der Waals surface area contributed by atoms with Crippen LogP contribution in [0.4, 0.5) is 0 Å². The highest BCUT2D eigenvalue weighted by Crippen LogP contribution is 2.35. The molecule has 0 saturated carbocycles. The lowest BCUT2D eigenvalue weighted by atomic mass is 10.2. The maximum Gasteiger partial charge on any atom is 0.245 e. The van der Waals surface area contributed by atoms with Gasteiger partial charge in [0, 0.05) is 35.9 Å². The van der Waals surface area contributed by atoms with Gasteiger partial charge in [-0.2, -0.15) is 4.31 Å². The van der Waals surface area contributed by atoms with E-state index in [2.05, 4.69) is 21.2 Å². The maximum absolute atomic E-state index is 12.9. The van der Waals surface area contributed by atoms with E-state index < -0.39 is 16.1 Å². The molecule has 9 heteroatoms. The van der Waals surface area contributed by atoms with E-state index in [4.69, 9.17) is 23.2 Å². The number of halogens is 3. The van der Waals surface area contributed by atoms with E-state index in [-0.39, 0.29) is 28.8 Å². The molecule has 1 N–H and O–H groups in total. The van der Waals surface area contributed by atoms with Crippen LogP contribution in [0.2, 0.25) is 10.0 Å². The van der Waals surface area contributed by atoms with Crippen molar-refractivity contribution in [2.45, 2.75) is 22.7 Å². The van der Waals surface area contributed by atoms with E-state index in [1.807, 2.05) is 0 Å². The fourth-order valence-corrected chi connectivity index (χ4v) is 5.64. The molecule has 0 aliphatic carbocycles. The Labute approximate surface area is 153 Å². The molecule has 1 amide bonds. The number of nitrogens with zero attached hydrogens (tertiary/aromatic N) is 1. The molecule has 1 aliphatic heterocycles. The average Bonchev–Trinajstić information content (AvgIpc) is 2.96. The fraction of sp³-hybridized carbons (Fsp3) is 0.357. The zero-order valence-electron chi connectivity index (χ0n) is 12.2. The quantitative estimate of drug-likeness (QED) is 0.564. The predicted octanol–water partition coefficient (Wildman–Crippen LogP) is 2.95. The fourth-order valence-electron chi connectivity index (χ4n) is 2.32. The van der Waals surface area contributed by atoms with Crippen LogP contribution in [0.5, 0.6) is 0 Å². The lowest BCUT2D eigenvalue weighted by molar-refractivity contribution is -0.121. The van der Waals surface area contributed by atoms with Crippen molar-refractivity contribution in [3.8, 4) is 0 Å². The van der Waals surface area contributed by atoms with Crippen LogP contribution in [-0.4, -0.2) is 38.3 Å². The number of rotatable bonds is 5. The molecule has 1 heterocycles. The van der Waals surface area contributed by atoms with E-state index in [0.717, 1.165) is 0 Å². The normalized spacial score (nSPS) is 18.3. The molecule has 1 aromatic rings. The molecule has 1 aliphatic rings. The number of sulfonamides is 1. The highest BCUT2D eigenvalue weighted by molar-refractivity contribution is 9.08.